The lowest BCUT2D eigenvalue weighted by Crippen LogP contribution is -1.87. The molecular formula is C30H18ClNO. The van der Waals surface area contributed by atoms with E-state index >= 15 is 0 Å². The monoisotopic (exact) mass is 443 g/mol. The molecule has 156 valence electrons. The normalized spacial score (nSPS) is 11.8. The van der Waals surface area contributed by atoms with Gasteiger partial charge in [0.2, 0.25) is 0 Å². The number of benzene rings is 5. The van der Waals surface area contributed by atoms with E-state index in [1.54, 1.807) is 0 Å². The zero-order valence-electron chi connectivity index (χ0n) is 17.6. The Labute approximate surface area is 195 Å². The van der Waals surface area contributed by atoms with Crippen molar-refractivity contribution in [1.82, 2.24) is 4.98 Å². The molecule has 0 bridgehead atoms. The molecule has 5 aromatic carbocycles. The van der Waals surface area contributed by atoms with Crippen LogP contribution in [-0.2, 0) is 0 Å². The third kappa shape index (κ3) is 2.68. The lowest BCUT2D eigenvalue weighted by molar-refractivity contribution is 0.672. The van der Waals surface area contributed by atoms with Crippen LogP contribution >= 0.6 is 11.6 Å². The van der Waals surface area contributed by atoms with Crippen LogP contribution in [0.15, 0.2) is 108 Å². The zero-order chi connectivity index (χ0) is 21.9. The first-order valence-electron chi connectivity index (χ1n) is 11.0. The number of halogens is 1. The summed E-state index contributed by atoms with van der Waals surface area (Å²) in [7, 11) is 0. The van der Waals surface area contributed by atoms with Crippen LogP contribution in [-0.4, -0.2) is 4.98 Å². The van der Waals surface area contributed by atoms with Gasteiger partial charge in [-0.15, -0.1) is 0 Å². The van der Waals surface area contributed by atoms with Crippen molar-refractivity contribution >= 4 is 55.3 Å². The Bertz CT molecular complexity index is 1840. The molecule has 2 aromatic heterocycles. The highest BCUT2D eigenvalue weighted by molar-refractivity contribution is 6.33. The Hall–Kier alpha value is -4.01. The fourth-order valence-electron chi connectivity index (χ4n) is 5.04. The minimum absolute atomic E-state index is 0.742. The van der Waals surface area contributed by atoms with Crippen LogP contribution in [0.2, 0.25) is 5.02 Å². The summed E-state index contributed by atoms with van der Waals surface area (Å²) in [6, 6.07) is 35.5. The van der Waals surface area contributed by atoms with E-state index in [4.69, 9.17) is 16.0 Å². The van der Waals surface area contributed by atoms with Gasteiger partial charge in [0.15, 0.2) is 5.58 Å². The Morgan fingerprint density at radius 2 is 1.21 bits per heavy atom. The van der Waals surface area contributed by atoms with Crippen molar-refractivity contribution in [3.63, 3.8) is 0 Å². The second-order valence-corrected chi connectivity index (χ2v) is 8.75. The van der Waals surface area contributed by atoms with E-state index in [1.807, 2.05) is 30.3 Å². The number of hydrogen-bond donors (Lipinski definition) is 1. The van der Waals surface area contributed by atoms with E-state index in [1.165, 1.54) is 5.39 Å². The highest BCUT2D eigenvalue weighted by Crippen LogP contribution is 2.45. The van der Waals surface area contributed by atoms with Gasteiger partial charge in [-0.2, -0.15) is 0 Å². The van der Waals surface area contributed by atoms with E-state index in [9.17, 15) is 0 Å². The SMILES string of the molecule is Clc1ccccc1-c1ccccc1-c1cc2c3ccccc3[nH]c2c2oc3ccccc3c12. The number of rotatable bonds is 2. The summed E-state index contributed by atoms with van der Waals surface area (Å²) in [5, 5.41) is 5.31. The maximum atomic E-state index is 6.64. The smallest absolute Gasteiger partial charge is 0.160 e. The quantitative estimate of drug-likeness (QED) is 0.283. The zero-order valence-corrected chi connectivity index (χ0v) is 18.4. The summed E-state index contributed by atoms with van der Waals surface area (Å²) in [5.41, 5.74) is 8.30. The van der Waals surface area contributed by atoms with Gasteiger partial charge in [-0.1, -0.05) is 90.5 Å². The number of H-pyrrole nitrogens is 1. The minimum atomic E-state index is 0.742. The van der Waals surface area contributed by atoms with Crippen molar-refractivity contribution in [1.29, 1.82) is 0 Å². The Morgan fingerprint density at radius 1 is 0.576 bits per heavy atom. The number of aromatic nitrogens is 1. The topological polar surface area (TPSA) is 28.9 Å². The first-order chi connectivity index (χ1) is 16.3. The molecule has 0 aliphatic rings. The summed E-state index contributed by atoms with van der Waals surface area (Å²) in [4.78, 5) is 3.60. The summed E-state index contributed by atoms with van der Waals surface area (Å²) in [6.45, 7) is 0. The number of furan rings is 1. The van der Waals surface area contributed by atoms with Crippen molar-refractivity contribution in [2.24, 2.45) is 0 Å². The Balaban J connectivity index is 1.69. The summed E-state index contributed by atoms with van der Waals surface area (Å²) >= 11 is 6.64. The van der Waals surface area contributed by atoms with Gasteiger partial charge in [-0.3, -0.25) is 0 Å². The third-order valence-electron chi connectivity index (χ3n) is 6.51. The number of aromatic amines is 1. The highest BCUT2D eigenvalue weighted by Gasteiger charge is 2.20. The molecule has 0 unspecified atom stereocenters. The molecule has 0 aliphatic heterocycles. The third-order valence-corrected chi connectivity index (χ3v) is 6.84. The predicted molar refractivity (Wildman–Crippen MR) is 139 cm³/mol. The first-order valence-corrected chi connectivity index (χ1v) is 11.4. The molecule has 0 saturated heterocycles. The number of fused-ring (bicyclic) bond motifs is 7. The summed E-state index contributed by atoms with van der Waals surface area (Å²) in [6.07, 6.45) is 0. The van der Waals surface area contributed by atoms with Gasteiger partial charge in [-0.05, 0) is 41.0 Å². The van der Waals surface area contributed by atoms with E-state index in [2.05, 4.69) is 77.8 Å². The summed E-state index contributed by atoms with van der Waals surface area (Å²) < 4.78 is 6.47. The van der Waals surface area contributed by atoms with Crippen molar-refractivity contribution in [3.8, 4) is 22.3 Å². The maximum Gasteiger partial charge on any atom is 0.160 e. The van der Waals surface area contributed by atoms with Gasteiger partial charge >= 0.3 is 0 Å². The number of nitrogens with one attached hydrogen (secondary N) is 1. The van der Waals surface area contributed by atoms with Crippen molar-refractivity contribution in [2.75, 3.05) is 0 Å². The molecule has 2 nitrogen and oxygen atoms in total. The molecule has 0 atom stereocenters. The van der Waals surface area contributed by atoms with Gasteiger partial charge in [0.05, 0.1) is 5.52 Å². The number of hydrogen-bond acceptors (Lipinski definition) is 1. The Morgan fingerprint density at radius 3 is 2.03 bits per heavy atom. The molecule has 2 heterocycles. The van der Waals surface area contributed by atoms with Crippen LogP contribution in [0.1, 0.15) is 0 Å². The second-order valence-electron chi connectivity index (χ2n) is 8.35. The fraction of sp³-hybridized carbons (Fsp3) is 0. The second kappa shape index (κ2) is 6.99. The van der Waals surface area contributed by atoms with Crippen molar-refractivity contribution in [3.05, 3.63) is 108 Å². The lowest BCUT2D eigenvalue weighted by Gasteiger charge is -2.13. The largest absolute Gasteiger partial charge is 0.454 e. The summed E-state index contributed by atoms with van der Waals surface area (Å²) in [5.74, 6) is 0. The average Bonchev–Trinajstić information content (AvgIpc) is 3.43. The molecule has 0 spiro atoms. The molecule has 0 radical (unpaired) electrons. The maximum absolute atomic E-state index is 6.64. The predicted octanol–water partition coefficient (Wildman–Crippen LogP) is 9.21. The molecule has 0 amide bonds. The van der Waals surface area contributed by atoms with Gasteiger partial charge < -0.3 is 9.40 Å². The van der Waals surface area contributed by atoms with Gasteiger partial charge in [0, 0.05) is 37.6 Å². The number of para-hydroxylation sites is 2. The molecule has 0 saturated carbocycles. The van der Waals surface area contributed by atoms with E-state index in [-0.39, 0.29) is 0 Å². The van der Waals surface area contributed by atoms with Crippen LogP contribution in [0.4, 0.5) is 0 Å². The molecule has 1 N–H and O–H groups in total. The minimum Gasteiger partial charge on any atom is -0.454 e. The van der Waals surface area contributed by atoms with Gasteiger partial charge in [0.1, 0.15) is 5.58 Å². The molecule has 7 rings (SSSR count). The average molecular weight is 444 g/mol. The lowest BCUT2D eigenvalue weighted by atomic mass is 9.90. The Kier molecular flexibility index (Phi) is 3.93. The molecule has 7 aromatic rings. The fourth-order valence-corrected chi connectivity index (χ4v) is 5.28. The van der Waals surface area contributed by atoms with Gasteiger partial charge in [0.25, 0.3) is 0 Å². The first kappa shape index (κ1) is 18.6. The molecule has 33 heavy (non-hydrogen) atoms. The van der Waals surface area contributed by atoms with E-state index < -0.39 is 0 Å². The van der Waals surface area contributed by atoms with Crippen LogP contribution in [0.3, 0.4) is 0 Å². The van der Waals surface area contributed by atoms with Crippen LogP contribution < -0.4 is 0 Å². The molecular weight excluding hydrogens is 426 g/mol. The highest BCUT2D eigenvalue weighted by atomic mass is 35.5. The van der Waals surface area contributed by atoms with Crippen LogP contribution in [0.25, 0.3) is 66.0 Å². The molecule has 0 fully saturated rings. The van der Waals surface area contributed by atoms with Crippen LogP contribution in [0.5, 0.6) is 0 Å². The van der Waals surface area contributed by atoms with Crippen LogP contribution in [0, 0.1) is 0 Å². The van der Waals surface area contributed by atoms with Crippen molar-refractivity contribution in [2.45, 2.75) is 0 Å². The van der Waals surface area contributed by atoms with E-state index in [0.29, 0.717) is 0 Å². The molecule has 0 aliphatic carbocycles. The van der Waals surface area contributed by atoms with Gasteiger partial charge in [-0.25, -0.2) is 0 Å². The standard InChI is InChI=1S/C30H18ClNO/c31-25-14-6-3-11-20(25)18-9-1-2-10-19(18)23-17-24-21-12-4-7-15-26(21)32-29(24)30-28(23)22-13-5-8-16-27(22)33-30/h1-17,32H. The van der Waals surface area contributed by atoms with E-state index in [0.717, 1.165) is 65.6 Å². The van der Waals surface area contributed by atoms with Crippen molar-refractivity contribution < 1.29 is 4.42 Å². The molecule has 3 heteroatoms.